The molecule has 0 radical (unpaired) electrons. The van der Waals surface area contributed by atoms with E-state index in [2.05, 4.69) is 6.92 Å². The minimum atomic E-state index is 0.255. The molecule has 0 bridgehead atoms. The molecule has 0 amide bonds. The van der Waals surface area contributed by atoms with Gasteiger partial charge in [0.25, 0.3) is 0 Å². The summed E-state index contributed by atoms with van der Waals surface area (Å²) in [6.07, 6.45) is 9.00. The van der Waals surface area contributed by atoms with Crippen molar-refractivity contribution >= 4 is 0 Å². The lowest BCUT2D eigenvalue weighted by Crippen LogP contribution is -2.17. The van der Waals surface area contributed by atoms with Crippen LogP contribution in [0.3, 0.4) is 0 Å². The van der Waals surface area contributed by atoms with Gasteiger partial charge in [-0.1, -0.05) is 45.4 Å². The summed E-state index contributed by atoms with van der Waals surface area (Å²) < 4.78 is 0. The second kappa shape index (κ2) is 10.0. The minimum absolute atomic E-state index is 0.255. The van der Waals surface area contributed by atoms with Crippen molar-refractivity contribution in [3.8, 4) is 0 Å². The first-order valence-electron chi connectivity index (χ1n) is 5.66. The van der Waals surface area contributed by atoms with Crippen molar-refractivity contribution in [1.82, 2.24) is 0 Å². The fourth-order valence-corrected chi connectivity index (χ4v) is 1.50. The van der Waals surface area contributed by atoms with Gasteiger partial charge in [-0.3, -0.25) is 0 Å². The highest BCUT2D eigenvalue weighted by molar-refractivity contribution is 4.58. The maximum absolute atomic E-state index is 8.89. The van der Waals surface area contributed by atoms with Gasteiger partial charge in [0, 0.05) is 6.61 Å². The fourth-order valence-electron chi connectivity index (χ4n) is 1.50. The van der Waals surface area contributed by atoms with Crippen molar-refractivity contribution in [2.75, 3.05) is 13.2 Å². The number of rotatable bonds is 9. The Hall–Kier alpha value is -0.0800. The zero-order valence-corrected chi connectivity index (χ0v) is 8.97. The van der Waals surface area contributed by atoms with Crippen LogP contribution in [0, 0.1) is 5.92 Å². The van der Waals surface area contributed by atoms with E-state index in [0.29, 0.717) is 12.5 Å². The van der Waals surface area contributed by atoms with Gasteiger partial charge in [-0.2, -0.15) is 0 Å². The Morgan fingerprint density at radius 2 is 1.69 bits per heavy atom. The molecular formula is C11H25NO. The van der Waals surface area contributed by atoms with Crippen LogP contribution in [-0.4, -0.2) is 18.3 Å². The molecule has 0 aliphatic heterocycles. The van der Waals surface area contributed by atoms with E-state index in [1.807, 2.05) is 0 Å². The van der Waals surface area contributed by atoms with Gasteiger partial charge >= 0.3 is 0 Å². The van der Waals surface area contributed by atoms with Crippen LogP contribution < -0.4 is 5.73 Å². The number of hydrogen-bond acceptors (Lipinski definition) is 2. The first-order chi connectivity index (χ1) is 6.35. The fraction of sp³-hybridized carbons (Fsp3) is 1.00. The van der Waals surface area contributed by atoms with Crippen LogP contribution in [0.4, 0.5) is 0 Å². The van der Waals surface area contributed by atoms with E-state index >= 15 is 0 Å². The second-order valence-corrected chi connectivity index (χ2v) is 3.84. The monoisotopic (exact) mass is 187 g/mol. The molecule has 0 saturated carbocycles. The second-order valence-electron chi connectivity index (χ2n) is 3.84. The van der Waals surface area contributed by atoms with Gasteiger partial charge in [-0.15, -0.1) is 0 Å². The first-order valence-corrected chi connectivity index (χ1v) is 5.66. The summed E-state index contributed by atoms with van der Waals surface area (Å²) in [6, 6.07) is 0. The van der Waals surface area contributed by atoms with Gasteiger partial charge in [0.2, 0.25) is 0 Å². The molecule has 1 unspecified atom stereocenters. The van der Waals surface area contributed by atoms with Crippen LogP contribution in [0.1, 0.15) is 51.9 Å². The van der Waals surface area contributed by atoms with E-state index in [-0.39, 0.29) is 6.61 Å². The molecule has 2 nitrogen and oxygen atoms in total. The molecule has 0 aromatic heterocycles. The molecule has 3 N–H and O–H groups in total. The number of aliphatic hydroxyl groups is 1. The maximum atomic E-state index is 8.89. The number of unbranched alkanes of at least 4 members (excludes halogenated alkanes) is 5. The Kier molecular flexibility index (Phi) is 9.94. The average molecular weight is 187 g/mol. The van der Waals surface area contributed by atoms with Crippen molar-refractivity contribution in [2.24, 2.45) is 11.7 Å². The van der Waals surface area contributed by atoms with Crippen LogP contribution in [0.2, 0.25) is 0 Å². The first kappa shape index (κ1) is 12.9. The zero-order chi connectivity index (χ0) is 9.94. The van der Waals surface area contributed by atoms with Gasteiger partial charge in [-0.05, 0) is 18.9 Å². The molecule has 1 atom stereocenters. The van der Waals surface area contributed by atoms with Crippen molar-refractivity contribution < 1.29 is 5.11 Å². The van der Waals surface area contributed by atoms with Gasteiger partial charge in [0.1, 0.15) is 0 Å². The van der Waals surface area contributed by atoms with Crippen molar-refractivity contribution in [3.63, 3.8) is 0 Å². The van der Waals surface area contributed by atoms with Crippen LogP contribution >= 0.6 is 0 Å². The zero-order valence-electron chi connectivity index (χ0n) is 8.97. The summed E-state index contributed by atoms with van der Waals surface area (Å²) in [4.78, 5) is 0. The van der Waals surface area contributed by atoms with Crippen molar-refractivity contribution in [2.45, 2.75) is 51.9 Å². The van der Waals surface area contributed by atoms with Gasteiger partial charge in [0.05, 0.1) is 0 Å². The summed E-state index contributed by atoms with van der Waals surface area (Å²) in [5, 5.41) is 8.89. The third-order valence-corrected chi connectivity index (χ3v) is 2.56. The van der Waals surface area contributed by atoms with Gasteiger partial charge in [0.15, 0.2) is 0 Å². The predicted molar refractivity (Wildman–Crippen MR) is 57.6 cm³/mol. The highest BCUT2D eigenvalue weighted by Gasteiger charge is 2.03. The molecule has 0 saturated heterocycles. The normalized spacial score (nSPS) is 13.2. The lowest BCUT2D eigenvalue weighted by Gasteiger charge is -2.10. The van der Waals surface area contributed by atoms with Crippen LogP contribution in [0.15, 0.2) is 0 Å². The summed E-state index contributed by atoms with van der Waals surface area (Å²) >= 11 is 0. The Balaban J connectivity index is 3.05. The molecule has 0 aromatic carbocycles. The highest BCUT2D eigenvalue weighted by atomic mass is 16.3. The minimum Gasteiger partial charge on any atom is -0.396 e. The van der Waals surface area contributed by atoms with Crippen LogP contribution in [0.25, 0.3) is 0 Å². The molecule has 0 rings (SSSR count). The molecule has 0 fully saturated rings. The van der Waals surface area contributed by atoms with Gasteiger partial charge in [-0.25, -0.2) is 0 Å². The van der Waals surface area contributed by atoms with E-state index in [4.69, 9.17) is 10.8 Å². The molecule has 13 heavy (non-hydrogen) atoms. The Bertz CT molecular complexity index is 92.1. The summed E-state index contributed by atoms with van der Waals surface area (Å²) in [7, 11) is 0. The molecule has 0 aliphatic carbocycles. The molecular weight excluding hydrogens is 162 g/mol. The Morgan fingerprint density at radius 3 is 2.23 bits per heavy atom. The van der Waals surface area contributed by atoms with E-state index in [1.165, 1.54) is 38.5 Å². The molecule has 0 aliphatic rings. The average Bonchev–Trinajstić information content (AvgIpc) is 2.17. The summed E-state index contributed by atoms with van der Waals surface area (Å²) in [5.74, 6) is 0.339. The van der Waals surface area contributed by atoms with E-state index in [1.54, 1.807) is 0 Å². The van der Waals surface area contributed by atoms with Crippen molar-refractivity contribution in [3.05, 3.63) is 0 Å². The molecule has 0 aromatic rings. The SMILES string of the molecule is CCCCCCCCC(CN)CO. The molecule has 2 heteroatoms. The molecule has 80 valence electrons. The summed E-state index contributed by atoms with van der Waals surface area (Å²) in [5.41, 5.74) is 5.49. The van der Waals surface area contributed by atoms with E-state index < -0.39 is 0 Å². The van der Waals surface area contributed by atoms with Crippen molar-refractivity contribution in [1.29, 1.82) is 0 Å². The Morgan fingerprint density at radius 1 is 1.08 bits per heavy atom. The molecule has 0 spiro atoms. The largest absolute Gasteiger partial charge is 0.396 e. The lowest BCUT2D eigenvalue weighted by atomic mass is 10.0. The maximum Gasteiger partial charge on any atom is 0.0471 e. The Labute approximate surface area is 82.5 Å². The topological polar surface area (TPSA) is 46.2 Å². The highest BCUT2D eigenvalue weighted by Crippen LogP contribution is 2.11. The van der Waals surface area contributed by atoms with E-state index in [0.717, 1.165) is 6.42 Å². The van der Waals surface area contributed by atoms with E-state index in [9.17, 15) is 0 Å². The third-order valence-electron chi connectivity index (χ3n) is 2.56. The standard InChI is InChI=1S/C11H25NO/c1-2-3-4-5-6-7-8-11(9-12)10-13/h11,13H,2-10,12H2,1H3. The third kappa shape index (κ3) is 8.26. The number of aliphatic hydroxyl groups excluding tert-OH is 1. The smallest absolute Gasteiger partial charge is 0.0471 e. The number of nitrogens with two attached hydrogens (primary N) is 1. The van der Waals surface area contributed by atoms with Crippen LogP contribution in [-0.2, 0) is 0 Å². The van der Waals surface area contributed by atoms with Gasteiger partial charge < -0.3 is 10.8 Å². The summed E-state index contributed by atoms with van der Waals surface area (Å²) in [6.45, 7) is 3.12. The predicted octanol–water partition coefficient (Wildman–Crippen LogP) is 2.30. The van der Waals surface area contributed by atoms with Crippen LogP contribution in [0.5, 0.6) is 0 Å². The lowest BCUT2D eigenvalue weighted by molar-refractivity contribution is 0.219. The quantitative estimate of drug-likeness (QED) is 0.544. The molecule has 0 heterocycles. The number of hydrogen-bond donors (Lipinski definition) is 2.